The largest absolute Gasteiger partial charge is 0.352 e. The minimum atomic E-state index is -0.519. The van der Waals surface area contributed by atoms with Crippen molar-refractivity contribution in [2.45, 2.75) is 76.8 Å². The van der Waals surface area contributed by atoms with Crippen molar-refractivity contribution >= 4 is 23.6 Å². The lowest BCUT2D eigenvalue weighted by Gasteiger charge is -2.33. The van der Waals surface area contributed by atoms with Crippen LogP contribution in [0.3, 0.4) is 0 Å². The third kappa shape index (κ3) is 7.60. The summed E-state index contributed by atoms with van der Waals surface area (Å²) in [4.78, 5) is 28.3. The molecule has 0 radical (unpaired) electrons. The van der Waals surface area contributed by atoms with Gasteiger partial charge in [0.15, 0.2) is 0 Å². The topological polar surface area (TPSA) is 49.4 Å². The molecule has 0 spiro atoms. The lowest BCUT2D eigenvalue weighted by Crippen LogP contribution is -2.52. The third-order valence-corrected chi connectivity index (χ3v) is 7.18. The molecule has 2 aromatic carbocycles. The van der Waals surface area contributed by atoms with Crippen molar-refractivity contribution in [2.75, 3.05) is 5.75 Å². The van der Waals surface area contributed by atoms with Crippen molar-refractivity contribution in [1.29, 1.82) is 0 Å². The van der Waals surface area contributed by atoms with Gasteiger partial charge in [0.25, 0.3) is 0 Å². The monoisotopic (exact) mass is 470 g/mol. The lowest BCUT2D eigenvalue weighted by molar-refractivity contribution is -0.139. The molecule has 178 valence electrons. The van der Waals surface area contributed by atoms with Crippen LogP contribution in [0.25, 0.3) is 0 Å². The zero-order chi connectivity index (χ0) is 23.6. The molecular formula is C27H35FN2O2S. The minimum absolute atomic E-state index is 0.0653. The highest BCUT2D eigenvalue weighted by atomic mass is 32.2. The Morgan fingerprint density at radius 2 is 1.88 bits per heavy atom. The highest BCUT2D eigenvalue weighted by Gasteiger charge is 2.30. The van der Waals surface area contributed by atoms with Gasteiger partial charge in [-0.05, 0) is 43.4 Å². The summed E-state index contributed by atoms with van der Waals surface area (Å²) in [6, 6.07) is 14.4. The number of nitrogens with one attached hydrogen (secondary N) is 1. The van der Waals surface area contributed by atoms with E-state index in [1.807, 2.05) is 32.0 Å². The summed E-state index contributed by atoms with van der Waals surface area (Å²) in [6.45, 7) is 4.36. The molecule has 1 atom stereocenters. The summed E-state index contributed by atoms with van der Waals surface area (Å²) >= 11 is 1.38. The van der Waals surface area contributed by atoms with Gasteiger partial charge in [-0.25, -0.2) is 4.39 Å². The number of thioether (sulfide) groups is 1. The van der Waals surface area contributed by atoms with Crippen LogP contribution in [0.2, 0.25) is 0 Å². The van der Waals surface area contributed by atoms with Gasteiger partial charge < -0.3 is 10.2 Å². The number of hydrogen-bond acceptors (Lipinski definition) is 3. The van der Waals surface area contributed by atoms with E-state index in [9.17, 15) is 14.0 Å². The summed E-state index contributed by atoms with van der Waals surface area (Å²) in [6.07, 6.45) is 6.06. The smallest absolute Gasteiger partial charge is 0.243 e. The van der Waals surface area contributed by atoms with Gasteiger partial charge in [-0.15, -0.1) is 11.8 Å². The van der Waals surface area contributed by atoms with Crippen LogP contribution in [0.5, 0.6) is 0 Å². The van der Waals surface area contributed by atoms with E-state index >= 15 is 0 Å². The average molecular weight is 471 g/mol. The van der Waals surface area contributed by atoms with Crippen LogP contribution in [0.4, 0.5) is 4.39 Å². The van der Waals surface area contributed by atoms with E-state index < -0.39 is 6.04 Å². The van der Waals surface area contributed by atoms with Gasteiger partial charge in [0.05, 0.1) is 5.75 Å². The number of aryl methyl sites for hydroxylation is 1. The van der Waals surface area contributed by atoms with Crippen molar-refractivity contribution in [3.05, 3.63) is 71.0 Å². The molecule has 0 aliphatic heterocycles. The molecule has 33 heavy (non-hydrogen) atoms. The Labute approximate surface area is 201 Å². The van der Waals surface area contributed by atoms with Crippen molar-refractivity contribution < 1.29 is 14.0 Å². The van der Waals surface area contributed by atoms with Crippen LogP contribution >= 0.6 is 11.8 Å². The molecule has 1 aliphatic rings. The highest BCUT2D eigenvalue weighted by Crippen LogP contribution is 2.21. The summed E-state index contributed by atoms with van der Waals surface area (Å²) in [5, 5.41) is 3.20. The third-order valence-electron chi connectivity index (χ3n) is 6.21. The van der Waals surface area contributed by atoms with Crippen molar-refractivity contribution in [1.82, 2.24) is 10.2 Å². The molecular weight excluding hydrogens is 435 g/mol. The second-order valence-electron chi connectivity index (χ2n) is 8.86. The molecule has 0 saturated heterocycles. The Kier molecular flexibility index (Phi) is 9.79. The molecule has 1 unspecified atom stereocenters. The van der Waals surface area contributed by atoms with E-state index in [0.717, 1.165) is 36.8 Å². The Hall–Kier alpha value is -2.34. The first-order valence-corrected chi connectivity index (χ1v) is 13.1. The maximum absolute atomic E-state index is 13.9. The van der Waals surface area contributed by atoms with Gasteiger partial charge >= 0.3 is 0 Å². The molecule has 6 heteroatoms. The summed E-state index contributed by atoms with van der Waals surface area (Å²) in [5.41, 5.74) is 2.71. The second-order valence-corrected chi connectivity index (χ2v) is 9.85. The van der Waals surface area contributed by atoms with Gasteiger partial charge in [0.1, 0.15) is 11.9 Å². The SMILES string of the molecule is CCC(C(=O)NC1CCCCC1)N(Cc1cccc(C)c1)C(=O)CSCc1ccccc1F. The lowest BCUT2D eigenvalue weighted by atomic mass is 9.95. The zero-order valence-electron chi connectivity index (χ0n) is 19.7. The first-order valence-electron chi connectivity index (χ1n) is 11.9. The molecule has 1 aliphatic carbocycles. The number of carbonyl (C=O) groups is 2. The van der Waals surface area contributed by atoms with E-state index in [2.05, 4.69) is 11.4 Å². The van der Waals surface area contributed by atoms with Gasteiger partial charge in [-0.1, -0.05) is 74.2 Å². The number of amides is 2. The number of rotatable bonds is 10. The number of carbonyl (C=O) groups excluding carboxylic acids is 2. The van der Waals surface area contributed by atoms with Crippen molar-refractivity contribution in [3.8, 4) is 0 Å². The molecule has 4 nitrogen and oxygen atoms in total. The molecule has 3 rings (SSSR count). The van der Waals surface area contributed by atoms with Gasteiger partial charge in [-0.2, -0.15) is 0 Å². The molecule has 1 fully saturated rings. The van der Waals surface area contributed by atoms with E-state index in [1.165, 1.54) is 24.2 Å². The van der Waals surface area contributed by atoms with Gasteiger partial charge in [0, 0.05) is 18.3 Å². The maximum Gasteiger partial charge on any atom is 0.243 e. The van der Waals surface area contributed by atoms with E-state index in [0.29, 0.717) is 24.3 Å². The maximum atomic E-state index is 13.9. The first-order chi connectivity index (χ1) is 16.0. The molecule has 0 bridgehead atoms. The van der Waals surface area contributed by atoms with E-state index in [4.69, 9.17) is 0 Å². The molecule has 1 saturated carbocycles. The van der Waals surface area contributed by atoms with Gasteiger partial charge in [0.2, 0.25) is 11.8 Å². The fraction of sp³-hybridized carbons (Fsp3) is 0.481. The van der Waals surface area contributed by atoms with Crippen LogP contribution in [0.1, 0.15) is 62.1 Å². The molecule has 0 heterocycles. The molecule has 0 aromatic heterocycles. The average Bonchev–Trinajstić information content (AvgIpc) is 2.81. The van der Waals surface area contributed by atoms with Crippen molar-refractivity contribution in [3.63, 3.8) is 0 Å². The minimum Gasteiger partial charge on any atom is -0.352 e. The number of benzene rings is 2. The molecule has 1 N–H and O–H groups in total. The fourth-order valence-electron chi connectivity index (χ4n) is 4.42. The van der Waals surface area contributed by atoms with Crippen LogP contribution in [0.15, 0.2) is 48.5 Å². The molecule has 2 aromatic rings. The predicted molar refractivity (Wildman–Crippen MR) is 133 cm³/mol. The van der Waals surface area contributed by atoms with E-state index in [-0.39, 0.29) is 29.4 Å². The van der Waals surface area contributed by atoms with Crippen LogP contribution in [-0.2, 0) is 21.9 Å². The standard InChI is InChI=1S/C27H35FN2O2S/c1-3-25(27(32)29-23-13-5-4-6-14-23)30(17-21-11-9-10-20(2)16-21)26(31)19-33-18-22-12-7-8-15-24(22)28/h7-12,15-16,23,25H,3-6,13-14,17-19H2,1-2H3,(H,29,32). The first kappa shape index (κ1) is 25.3. The summed E-state index contributed by atoms with van der Waals surface area (Å²) in [5.74, 6) is 0.204. The Morgan fingerprint density at radius 3 is 2.58 bits per heavy atom. The predicted octanol–water partition coefficient (Wildman–Crippen LogP) is 5.62. The number of halogens is 1. The Morgan fingerprint density at radius 1 is 1.12 bits per heavy atom. The quantitative estimate of drug-likeness (QED) is 0.490. The van der Waals surface area contributed by atoms with E-state index in [1.54, 1.807) is 23.1 Å². The van der Waals surface area contributed by atoms with Crippen molar-refractivity contribution in [2.24, 2.45) is 0 Å². The Bertz CT molecular complexity index is 930. The second kappa shape index (κ2) is 12.8. The summed E-state index contributed by atoms with van der Waals surface area (Å²) in [7, 11) is 0. The van der Waals surface area contributed by atoms with Crippen LogP contribution in [0, 0.1) is 12.7 Å². The summed E-state index contributed by atoms with van der Waals surface area (Å²) < 4.78 is 13.9. The Balaban J connectivity index is 1.71. The number of hydrogen-bond donors (Lipinski definition) is 1. The van der Waals surface area contributed by atoms with Gasteiger partial charge in [-0.3, -0.25) is 9.59 Å². The van der Waals surface area contributed by atoms with Crippen LogP contribution in [-0.4, -0.2) is 34.6 Å². The molecule has 2 amide bonds. The normalized spacial score (nSPS) is 15.1. The highest BCUT2D eigenvalue weighted by molar-refractivity contribution is 7.99. The zero-order valence-corrected chi connectivity index (χ0v) is 20.5. The number of nitrogens with zero attached hydrogens (tertiary/aromatic N) is 1. The van der Waals surface area contributed by atoms with Crippen LogP contribution < -0.4 is 5.32 Å². The fourth-order valence-corrected chi connectivity index (χ4v) is 5.31.